The molecule has 0 radical (unpaired) electrons. The Kier molecular flexibility index (Phi) is 6.51. The Morgan fingerprint density at radius 3 is 2.76 bits per heavy atom. The summed E-state index contributed by atoms with van der Waals surface area (Å²) in [7, 11) is 0. The number of rotatable bonds is 7. The maximum absolute atomic E-state index is 11.7. The van der Waals surface area contributed by atoms with Crippen LogP contribution in [0.15, 0.2) is 24.3 Å². The van der Waals surface area contributed by atoms with Crippen LogP contribution in [0.2, 0.25) is 0 Å². The van der Waals surface area contributed by atoms with E-state index in [0.29, 0.717) is 19.1 Å². The smallest absolute Gasteiger partial charge is 0.407 e. The normalized spacial score (nSPS) is 19.3. The van der Waals surface area contributed by atoms with E-state index in [2.05, 4.69) is 16.7 Å². The van der Waals surface area contributed by atoms with Gasteiger partial charge in [0.2, 0.25) is 0 Å². The molecule has 0 atom stereocenters. The zero-order valence-electron chi connectivity index (χ0n) is 15.2. The van der Waals surface area contributed by atoms with Crippen molar-refractivity contribution in [2.45, 2.75) is 64.1 Å². The van der Waals surface area contributed by atoms with Crippen molar-refractivity contribution in [3.05, 3.63) is 24.3 Å². The molecule has 0 spiro atoms. The van der Waals surface area contributed by atoms with E-state index in [1.165, 1.54) is 0 Å². The molecule has 1 fully saturated rings. The summed E-state index contributed by atoms with van der Waals surface area (Å²) in [5.41, 5.74) is 0.526. The number of carbonyl (C=O) groups excluding carboxylic acids is 1. The third-order valence-corrected chi connectivity index (χ3v) is 3.77. The molecule has 6 heteroatoms. The van der Waals surface area contributed by atoms with Crippen molar-refractivity contribution in [3.63, 3.8) is 0 Å². The first-order chi connectivity index (χ1) is 11.9. The quantitative estimate of drug-likeness (QED) is 0.734. The Labute approximate surface area is 149 Å². The number of hydrogen-bond acceptors (Lipinski definition) is 5. The minimum atomic E-state index is -0.473. The van der Waals surface area contributed by atoms with Gasteiger partial charge in [0.15, 0.2) is 0 Å². The molecule has 0 bridgehead atoms. The summed E-state index contributed by atoms with van der Waals surface area (Å²) in [4.78, 5) is 11.7. The lowest BCUT2D eigenvalue weighted by molar-refractivity contribution is 0.0475. The molecule has 0 heterocycles. The van der Waals surface area contributed by atoms with Crippen molar-refractivity contribution in [2.24, 2.45) is 0 Å². The van der Waals surface area contributed by atoms with Crippen molar-refractivity contribution < 1.29 is 14.3 Å². The molecule has 0 saturated heterocycles. The first-order valence-electron chi connectivity index (χ1n) is 8.71. The zero-order chi connectivity index (χ0) is 18.3. The number of ether oxygens (including phenoxy) is 2. The van der Waals surface area contributed by atoms with Gasteiger partial charge in [-0.3, -0.25) is 0 Å². The van der Waals surface area contributed by atoms with E-state index in [0.717, 1.165) is 30.7 Å². The van der Waals surface area contributed by atoms with Crippen molar-refractivity contribution in [1.29, 1.82) is 5.26 Å². The molecule has 0 unspecified atom stereocenters. The predicted molar refractivity (Wildman–Crippen MR) is 96.6 cm³/mol. The maximum Gasteiger partial charge on any atom is 0.407 e. The van der Waals surface area contributed by atoms with Gasteiger partial charge < -0.3 is 20.1 Å². The summed E-state index contributed by atoms with van der Waals surface area (Å²) in [6.45, 7) is 6.11. The summed E-state index contributed by atoms with van der Waals surface area (Å²) in [5.74, 6) is 0.797. The molecule has 2 rings (SSSR count). The van der Waals surface area contributed by atoms with E-state index in [1.807, 2.05) is 45.0 Å². The third-order valence-electron chi connectivity index (χ3n) is 3.77. The topological polar surface area (TPSA) is 83.4 Å². The van der Waals surface area contributed by atoms with Gasteiger partial charge in [0.05, 0.1) is 12.7 Å². The number of alkyl carbamates (subject to hydrolysis) is 1. The van der Waals surface area contributed by atoms with Crippen molar-refractivity contribution >= 4 is 11.8 Å². The van der Waals surface area contributed by atoms with Gasteiger partial charge in [-0.2, -0.15) is 5.26 Å². The average molecular weight is 345 g/mol. The van der Waals surface area contributed by atoms with Gasteiger partial charge >= 0.3 is 6.09 Å². The van der Waals surface area contributed by atoms with E-state index in [1.54, 1.807) is 0 Å². The molecule has 2 N–H and O–H groups in total. The summed E-state index contributed by atoms with van der Waals surface area (Å²) in [5, 5.41) is 14.9. The van der Waals surface area contributed by atoms with Crippen LogP contribution in [0.25, 0.3) is 0 Å². The highest BCUT2D eigenvalue weighted by Crippen LogP contribution is 2.26. The molecule has 1 aromatic carbocycles. The maximum atomic E-state index is 11.7. The van der Waals surface area contributed by atoms with Crippen molar-refractivity contribution in [1.82, 2.24) is 5.32 Å². The Morgan fingerprint density at radius 2 is 2.08 bits per heavy atom. The third kappa shape index (κ3) is 6.92. The Hall–Kier alpha value is -2.42. The van der Waals surface area contributed by atoms with Crippen molar-refractivity contribution in [3.8, 4) is 11.8 Å². The van der Waals surface area contributed by atoms with E-state index in [4.69, 9.17) is 14.7 Å². The fraction of sp³-hybridized carbons (Fsp3) is 0.579. The second kappa shape index (κ2) is 8.61. The zero-order valence-corrected chi connectivity index (χ0v) is 15.2. The minimum absolute atomic E-state index is 0.151. The SMILES string of the molecule is CC(C)(C)OC(=O)NC1CC(Nc2cccc(OCCCC#N)c2)C1. The number of nitrogens with zero attached hydrogens (tertiary/aromatic N) is 1. The Morgan fingerprint density at radius 1 is 1.32 bits per heavy atom. The molecule has 6 nitrogen and oxygen atoms in total. The number of hydrogen-bond donors (Lipinski definition) is 2. The van der Waals surface area contributed by atoms with E-state index in [9.17, 15) is 4.79 Å². The number of benzene rings is 1. The molecule has 1 aliphatic carbocycles. The number of nitrogens with one attached hydrogen (secondary N) is 2. The van der Waals surface area contributed by atoms with Crippen molar-refractivity contribution in [2.75, 3.05) is 11.9 Å². The number of anilines is 1. The van der Waals surface area contributed by atoms with Crippen LogP contribution in [0.3, 0.4) is 0 Å². The summed E-state index contributed by atoms with van der Waals surface area (Å²) < 4.78 is 10.9. The first-order valence-corrected chi connectivity index (χ1v) is 8.71. The molecule has 1 saturated carbocycles. The summed E-state index contributed by atoms with van der Waals surface area (Å²) in [6, 6.07) is 10.4. The van der Waals surface area contributed by atoms with Crippen LogP contribution in [-0.2, 0) is 4.74 Å². The van der Waals surface area contributed by atoms with Gasteiger partial charge in [-0.05, 0) is 52.2 Å². The number of amides is 1. The molecular formula is C19H27N3O3. The second-order valence-electron chi connectivity index (χ2n) is 7.29. The summed E-state index contributed by atoms with van der Waals surface area (Å²) >= 11 is 0. The van der Waals surface area contributed by atoms with Gasteiger partial charge in [0.1, 0.15) is 11.4 Å². The van der Waals surface area contributed by atoms with E-state index >= 15 is 0 Å². The Bertz CT molecular complexity index is 613. The lowest BCUT2D eigenvalue weighted by Crippen LogP contribution is -2.50. The van der Waals surface area contributed by atoms with Crippen LogP contribution in [0.1, 0.15) is 46.5 Å². The number of unbranched alkanes of at least 4 members (excludes halogenated alkanes) is 1. The van der Waals surface area contributed by atoms with Crippen LogP contribution in [0.4, 0.5) is 10.5 Å². The largest absolute Gasteiger partial charge is 0.493 e. The lowest BCUT2D eigenvalue weighted by Gasteiger charge is -2.37. The monoisotopic (exact) mass is 345 g/mol. The molecular weight excluding hydrogens is 318 g/mol. The molecule has 0 aromatic heterocycles. The fourth-order valence-corrected chi connectivity index (χ4v) is 2.58. The van der Waals surface area contributed by atoms with E-state index in [-0.39, 0.29) is 12.1 Å². The van der Waals surface area contributed by atoms with Gasteiger partial charge in [0.25, 0.3) is 0 Å². The summed E-state index contributed by atoms with van der Waals surface area (Å²) in [6.07, 6.45) is 2.61. The van der Waals surface area contributed by atoms with Crippen LogP contribution >= 0.6 is 0 Å². The molecule has 1 aromatic rings. The fourth-order valence-electron chi connectivity index (χ4n) is 2.58. The lowest BCUT2D eigenvalue weighted by atomic mass is 9.86. The van der Waals surface area contributed by atoms with Gasteiger partial charge in [-0.1, -0.05) is 6.07 Å². The van der Waals surface area contributed by atoms with Crippen LogP contribution < -0.4 is 15.4 Å². The molecule has 136 valence electrons. The van der Waals surface area contributed by atoms with Crippen LogP contribution in [-0.4, -0.2) is 30.4 Å². The van der Waals surface area contributed by atoms with Gasteiger partial charge in [-0.15, -0.1) is 0 Å². The van der Waals surface area contributed by atoms with Crippen LogP contribution in [0.5, 0.6) is 5.75 Å². The standard InChI is InChI=1S/C19H27N3O3/c1-19(2,3)25-18(23)22-16-11-15(12-16)21-14-7-6-8-17(13-14)24-10-5-4-9-20/h6-8,13,15-16,21H,4-5,10-12H2,1-3H3,(H,22,23). The predicted octanol–water partition coefficient (Wildman–Crippen LogP) is 3.84. The van der Waals surface area contributed by atoms with Crippen LogP contribution in [0, 0.1) is 11.3 Å². The molecule has 0 aliphatic heterocycles. The molecule has 1 amide bonds. The molecule has 1 aliphatic rings. The second-order valence-corrected chi connectivity index (χ2v) is 7.29. The van der Waals surface area contributed by atoms with Gasteiger partial charge in [-0.25, -0.2) is 4.79 Å². The average Bonchev–Trinajstić information content (AvgIpc) is 2.48. The minimum Gasteiger partial charge on any atom is -0.493 e. The Balaban J connectivity index is 1.70. The number of carbonyl (C=O) groups is 1. The highest BCUT2D eigenvalue weighted by atomic mass is 16.6. The first kappa shape index (κ1) is 18.9. The number of nitriles is 1. The highest BCUT2D eigenvalue weighted by Gasteiger charge is 2.31. The highest BCUT2D eigenvalue weighted by molar-refractivity contribution is 5.68. The molecule has 25 heavy (non-hydrogen) atoms. The van der Waals surface area contributed by atoms with E-state index < -0.39 is 5.60 Å². The van der Waals surface area contributed by atoms with Gasteiger partial charge in [0, 0.05) is 30.3 Å².